The Kier molecular flexibility index (Phi) is 3.55. The van der Waals surface area contributed by atoms with E-state index in [1.54, 1.807) is 12.1 Å². The van der Waals surface area contributed by atoms with Gasteiger partial charge in [0.25, 0.3) is 0 Å². The summed E-state index contributed by atoms with van der Waals surface area (Å²) in [6, 6.07) is 13.6. The van der Waals surface area contributed by atoms with Crippen molar-refractivity contribution < 1.29 is 14.7 Å². The van der Waals surface area contributed by atoms with Crippen molar-refractivity contribution in [1.29, 1.82) is 0 Å². The summed E-state index contributed by atoms with van der Waals surface area (Å²) in [5.74, 6) is -1.28. The summed E-state index contributed by atoms with van der Waals surface area (Å²) in [5, 5.41) is 11.9. The fraction of sp³-hybridized carbons (Fsp3) is 0.176. The zero-order valence-electron chi connectivity index (χ0n) is 12.1. The number of carbonyl (C=O) groups is 2. The molecule has 2 aromatic rings. The zero-order valence-corrected chi connectivity index (χ0v) is 12.1. The smallest absolute Gasteiger partial charge is 0.316 e. The Morgan fingerprint density at radius 2 is 1.95 bits per heavy atom. The summed E-state index contributed by atoms with van der Waals surface area (Å²) >= 11 is 0. The van der Waals surface area contributed by atoms with Gasteiger partial charge in [0.1, 0.15) is 5.75 Å². The van der Waals surface area contributed by atoms with Crippen molar-refractivity contribution in [3.8, 4) is 5.75 Å². The molecule has 1 unspecified atom stereocenters. The van der Waals surface area contributed by atoms with Gasteiger partial charge in [0.15, 0.2) is 0 Å². The molecule has 0 bridgehead atoms. The number of nitrogens with one attached hydrogen (secondary N) is 1. The predicted octanol–water partition coefficient (Wildman–Crippen LogP) is 2.31. The summed E-state index contributed by atoms with van der Waals surface area (Å²) in [6.07, 6.45) is 0.737. The van der Waals surface area contributed by atoms with E-state index < -0.39 is 11.8 Å². The van der Waals surface area contributed by atoms with E-state index >= 15 is 0 Å². The number of para-hydroxylation sites is 1. The topological polar surface area (TPSA) is 69.6 Å². The lowest BCUT2D eigenvalue weighted by Gasteiger charge is -2.22. The van der Waals surface area contributed by atoms with E-state index in [0.29, 0.717) is 5.69 Å². The molecule has 0 saturated carbocycles. The molecule has 2 N–H and O–H groups in total. The third kappa shape index (κ3) is 2.53. The monoisotopic (exact) mass is 296 g/mol. The van der Waals surface area contributed by atoms with Crippen molar-refractivity contribution in [3.05, 3.63) is 54.1 Å². The van der Waals surface area contributed by atoms with Gasteiger partial charge in [-0.25, -0.2) is 0 Å². The Morgan fingerprint density at radius 3 is 2.73 bits per heavy atom. The average Bonchev–Trinajstić information content (AvgIpc) is 2.82. The van der Waals surface area contributed by atoms with Crippen molar-refractivity contribution in [1.82, 2.24) is 0 Å². The molecule has 0 spiro atoms. The highest BCUT2D eigenvalue weighted by molar-refractivity contribution is 6.44. The molecule has 2 aromatic carbocycles. The third-order valence-electron chi connectivity index (χ3n) is 3.72. The zero-order chi connectivity index (χ0) is 15.7. The largest absolute Gasteiger partial charge is 0.508 e. The molecule has 0 aromatic heterocycles. The standard InChI is InChI=1S/C17H16N2O3/c1-11-9-12-5-2-3-8-15(12)19(11)17(22)16(21)18-13-6-4-7-14(20)10-13/h2-8,10-11,20H,9H2,1H3,(H,18,21). The van der Waals surface area contributed by atoms with Crippen LogP contribution in [-0.2, 0) is 16.0 Å². The van der Waals surface area contributed by atoms with E-state index in [2.05, 4.69) is 5.32 Å². The number of hydrogen-bond donors (Lipinski definition) is 2. The van der Waals surface area contributed by atoms with Crippen LogP contribution in [-0.4, -0.2) is 23.0 Å². The van der Waals surface area contributed by atoms with Gasteiger partial charge in [-0.05, 0) is 37.1 Å². The van der Waals surface area contributed by atoms with E-state index in [-0.39, 0.29) is 11.8 Å². The molecule has 2 amide bonds. The lowest BCUT2D eigenvalue weighted by molar-refractivity contribution is -0.134. The number of carbonyl (C=O) groups excluding carboxylic acids is 2. The maximum atomic E-state index is 12.5. The number of phenolic OH excluding ortho intramolecular Hbond substituents is 1. The molecule has 1 heterocycles. The number of aromatic hydroxyl groups is 1. The third-order valence-corrected chi connectivity index (χ3v) is 3.72. The van der Waals surface area contributed by atoms with Crippen LogP contribution >= 0.6 is 0 Å². The highest BCUT2D eigenvalue weighted by Gasteiger charge is 2.34. The van der Waals surface area contributed by atoms with Gasteiger partial charge in [0.2, 0.25) is 0 Å². The van der Waals surface area contributed by atoms with E-state index in [9.17, 15) is 14.7 Å². The number of benzene rings is 2. The molecule has 3 rings (SSSR count). The normalized spacial score (nSPS) is 16.2. The van der Waals surface area contributed by atoms with Crippen molar-refractivity contribution in [3.63, 3.8) is 0 Å². The molecule has 5 nitrogen and oxygen atoms in total. The lowest BCUT2D eigenvalue weighted by atomic mass is 10.1. The average molecular weight is 296 g/mol. The van der Waals surface area contributed by atoms with Gasteiger partial charge >= 0.3 is 11.8 Å². The predicted molar refractivity (Wildman–Crippen MR) is 83.8 cm³/mol. The van der Waals surface area contributed by atoms with Crippen LogP contribution in [0, 0.1) is 0 Å². The quantitative estimate of drug-likeness (QED) is 0.793. The molecular formula is C17H16N2O3. The Morgan fingerprint density at radius 1 is 1.18 bits per heavy atom. The van der Waals surface area contributed by atoms with Gasteiger partial charge in [-0.3, -0.25) is 9.59 Å². The van der Waals surface area contributed by atoms with Crippen molar-refractivity contribution in [2.75, 3.05) is 10.2 Å². The SMILES string of the molecule is CC1Cc2ccccc2N1C(=O)C(=O)Nc1cccc(O)c1. The van der Waals surface area contributed by atoms with Crippen LogP contribution in [0.5, 0.6) is 5.75 Å². The minimum absolute atomic E-state index is 0.0325. The summed E-state index contributed by atoms with van der Waals surface area (Å²) in [7, 11) is 0. The number of amides is 2. The Balaban J connectivity index is 1.80. The van der Waals surface area contributed by atoms with Crippen LogP contribution in [0.2, 0.25) is 0 Å². The van der Waals surface area contributed by atoms with Crippen LogP contribution in [0.25, 0.3) is 0 Å². The molecule has 1 aliphatic rings. The molecular weight excluding hydrogens is 280 g/mol. The molecule has 1 aliphatic heterocycles. The molecule has 0 radical (unpaired) electrons. The Hall–Kier alpha value is -2.82. The molecule has 5 heteroatoms. The summed E-state index contributed by atoms with van der Waals surface area (Å²) in [5.41, 5.74) is 2.23. The van der Waals surface area contributed by atoms with Crippen LogP contribution in [0.15, 0.2) is 48.5 Å². The van der Waals surface area contributed by atoms with E-state index in [0.717, 1.165) is 17.7 Å². The van der Waals surface area contributed by atoms with Gasteiger partial charge < -0.3 is 15.3 Å². The summed E-state index contributed by atoms with van der Waals surface area (Å²) in [6.45, 7) is 1.92. The van der Waals surface area contributed by atoms with Crippen molar-refractivity contribution in [2.24, 2.45) is 0 Å². The molecule has 22 heavy (non-hydrogen) atoms. The first-order chi connectivity index (χ1) is 10.6. The Bertz CT molecular complexity index is 742. The van der Waals surface area contributed by atoms with Gasteiger partial charge in [-0.1, -0.05) is 24.3 Å². The second kappa shape index (κ2) is 5.52. The van der Waals surface area contributed by atoms with E-state index in [1.807, 2.05) is 31.2 Å². The lowest BCUT2D eigenvalue weighted by Crippen LogP contribution is -2.43. The van der Waals surface area contributed by atoms with Crippen LogP contribution < -0.4 is 10.2 Å². The fourth-order valence-electron chi connectivity index (χ4n) is 2.75. The van der Waals surface area contributed by atoms with Crippen LogP contribution in [0.4, 0.5) is 11.4 Å². The number of phenols is 1. The van der Waals surface area contributed by atoms with Crippen LogP contribution in [0.3, 0.4) is 0 Å². The second-order valence-corrected chi connectivity index (χ2v) is 5.36. The minimum Gasteiger partial charge on any atom is -0.508 e. The highest BCUT2D eigenvalue weighted by atomic mass is 16.3. The van der Waals surface area contributed by atoms with Gasteiger partial charge in [0.05, 0.1) is 0 Å². The summed E-state index contributed by atoms with van der Waals surface area (Å²) < 4.78 is 0. The molecule has 0 aliphatic carbocycles. The van der Waals surface area contributed by atoms with Gasteiger partial charge in [-0.2, -0.15) is 0 Å². The van der Waals surface area contributed by atoms with Gasteiger partial charge in [0, 0.05) is 23.5 Å². The molecule has 1 atom stereocenters. The van der Waals surface area contributed by atoms with E-state index in [1.165, 1.54) is 17.0 Å². The first kappa shape index (κ1) is 14.1. The first-order valence-electron chi connectivity index (χ1n) is 7.08. The maximum Gasteiger partial charge on any atom is 0.316 e. The number of nitrogens with zero attached hydrogens (tertiary/aromatic N) is 1. The first-order valence-corrected chi connectivity index (χ1v) is 7.08. The summed E-state index contributed by atoms with van der Waals surface area (Å²) in [4.78, 5) is 26.2. The van der Waals surface area contributed by atoms with Gasteiger partial charge in [-0.15, -0.1) is 0 Å². The number of anilines is 2. The molecule has 0 saturated heterocycles. The van der Waals surface area contributed by atoms with Crippen molar-refractivity contribution in [2.45, 2.75) is 19.4 Å². The molecule has 112 valence electrons. The Labute approximate surface area is 128 Å². The fourth-order valence-corrected chi connectivity index (χ4v) is 2.75. The number of rotatable bonds is 1. The highest BCUT2D eigenvalue weighted by Crippen LogP contribution is 2.31. The number of hydrogen-bond acceptors (Lipinski definition) is 3. The minimum atomic E-state index is -0.714. The van der Waals surface area contributed by atoms with Crippen molar-refractivity contribution >= 4 is 23.2 Å². The van der Waals surface area contributed by atoms with Crippen LogP contribution in [0.1, 0.15) is 12.5 Å². The second-order valence-electron chi connectivity index (χ2n) is 5.36. The number of fused-ring (bicyclic) bond motifs is 1. The van der Waals surface area contributed by atoms with E-state index in [4.69, 9.17) is 0 Å². The molecule has 0 fully saturated rings. The maximum absolute atomic E-state index is 12.5.